The molecule has 38 heavy (non-hydrogen) atoms. The van der Waals surface area contributed by atoms with Gasteiger partial charge in [0.1, 0.15) is 0 Å². The lowest BCUT2D eigenvalue weighted by atomic mass is 10.1. The van der Waals surface area contributed by atoms with Crippen molar-refractivity contribution in [2.75, 3.05) is 43.9 Å². The maximum atomic E-state index is 11.8. The Morgan fingerprint density at radius 1 is 0.921 bits per heavy atom. The maximum absolute atomic E-state index is 11.8. The number of anilines is 1. The second-order valence-electron chi connectivity index (χ2n) is 9.48. The van der Waals surface area contributed by atoms with Crippen LogP contribution in [0.2, 0.25) is 0 Å². The number of fused-ring (bicyclic) bond motifs is 1. The van der Waals surface area contributed by atoms with Crippen molar-refractivity contribution in [1.29, 1.82) is 0 Å². The summed E-state index contributed by atoms with van der Waals surface area (Å²) in [5.74, 6) is 0.491. The van der Waals surface area contributed by atoms with Crippen LogP contribution < -0.4 is 4.90 Å². The van der Waals surface area contributed by atoms with E-state index < -0.39 is 9.84 Å². The zero-order chi connectivity index (χ0) is 26.3. The second-order valence-corrected chi connectivity index (χ2v) is 12.3. The largest absolute Gasteiger partial charge is 0.369 e. The second kappa shape index (κ2) is 9.94. The Morgan fingerprint density at radius 3 is 2.39 bits per heavy atom. The SMILES string of the molecule is CCN1CCN(c2ccc3c(-c4ccsc4)nc(-n4cc(-c5ccc(S(C)(=O)=O)cc5)cn4)nc3c2)CC1. The van der Waals surface area contributed by atoms with Gasteiger partial charge in [-0.15, -0.1) is 0 Å². The number of hydrogen-bond donors (Lipinski definition) is 0. The van der Waals surface area contributed by atoms with Crippen LogP contribution >= 0.6 is 11.3 Å². The molecule has 0 N–H and O–H groups in total. The van der Waals surface area contributed by atoms with E-state index in [1.54, 1.807) is 46.5 Å². The number of likely N-dealkylation sites (N-methyl/N-ethyl adjacent to an activating group) is 1. The van der Waals surface area contributed by atoms with Crippen LogP contribution in [-0.4, -0.2) is 72.0 Å². The van der Waals surface area contributed by atoms with E-state index in [1.165, 1.54) is 11.9 Å². The van der Waals surface area contributed by atoms with Gasteiger partial charge in [0, 0.05) is 66.2 Å². The van der Waals surface area contributed by atoms with Crippen LogP contribution in [0.1, 0.15) is 6.92 Å². The summed E-state index contributed by atoms with van der Waals surface area (Å²) in [6, 6.07) is 15.4. The first-order valence-electron chi connectivity index (χ1n) is 12.6. The van der Waals surface area contributed by atoms with Crippen molar-refractivity contribution >= 4 is 37.8 Å². The minimum atomic E-state index is -3.25. The Balaban J connectivity index is 1.39. The molecule has 1 aliphatic rings. The molecule has 0 bridgehead atoms. The summed E-state index contributed by atoms with van der Waals surface area (Å²) < 4.78 is 25.3. The summed E-state index contributed by atoms with van der Waals surface area (Å²) in [7, 11) is -3.25. The number of piperazine rings is 1. The molecule has 1 aliphatic heterocycles. The lowest BCUT2D eigenvalue weighted by Gasteiger charge is -2.35. The van der Waals surface area contributed by atoms with Gasteiger partial charge in [0.25, 0.3) is 5.95 Å². The van der Waals surface area contributed by atoms with Crippen LogP contribution in [0.5, 0.6) is 0 Å². The van der Waals surface area contributed by atoms with Gasteiger partial charge in [-0.3, -0.25) is 0 Å². The third-order valence-corrected chi connectivity index (χ3v) is 8.86. The molecule has 0 aliphatic carbocycles. The zero-order valence-corrected chi connectivity index (χ0v) is 22.9. The van der Waals surface area contributed by atoms with Gasteiger partial charge < -0.3 is 9.80 Å². The van der Waals surface area contributed by atoms with E-state index in [0.29, 0.717) is 10.8 Å². The van der Waals surface area contributed by atoms with Gasteiger partial charge in [0.05, 0.1) is 22.3 Å². The Hall–Kier alpha value is -3.60. The lowest BCUT2D eigenvalue weighted by molar-refractivity contribution is 0.271. The van der Waals surface area contributed by atoms with Crippen LogP contribution in [0.15, 0.2) is 76.6 Å². The fraction of sp³-hybridized carbons (Fsp3) is 0.250. The van der Waals surface area contributed by atoms with Gasteiger partial charge in [-0.2, -0.15) is 16.4 Å². The van der Waals surface area contributed by atoms with E-state index in [0.717, 1.165) is 66.0 Å². The molecule has 4 heterocycles. The molecule has 1 fully saturated rings. The average Bonchev–Trinajstić information content (AvgIpc) is 3.65. The molecule has 8 nitrogen and oxygen atoms in total. The molecule has 0 unspecified atom stereocenters. The molecule has 10 heteroatoms. The molecular formula is C28H28N6O2S2. The monoisotopic (exact) mass is 544 g/mol. The Kier molecular flexibility index (Phi) is 6.46. The number of aromatic nitrogens is 4. The highest BCUT2D eigenvalue weighted by molar-refractivity contribution is 7.90. The molecule has 0 saturated carbocycles. The standard InChI is InChI=1S/C28H28N6O2S2/c1-3-32-11-13-33(14-12-32)23-6-9-25-26(16-23)30-28(31-27(25)21-10-15-37-19-21)34-18-22(17-29-34)20-4-7-24(8-5-20)38(2,35)36/h4-10,15-19H,3,11-14H2,1-2H3. The normalized spacial score (nSPS) is 14.8. The van der Waals surface area contributed by atoms with Crippen molar-refractivity contribution in [2.24, 2.45) is 0 Å². The number of benzene rings is 2. The number of rotatable bonds is 6. The zero-order valence-electron chi connectivity index (χ0n) is 21.3. The van der Waals surface area contributed by atoms with Gasteiger partial charge in [0.2, 0.25) is 0 Å². The molecule has 3 aromatic heterocycles. The lowest BCUT2D eigenvalue weighted by Crippen LogP contribution is -2.46. The summed E-state index contributed by atoms with van der Waals surface area (Å²) in [5, 5.41) is 9.71. The summed E-state index contributed by atoms with van der Waals surface area (Å²) in [4.78, 5) is 15.0. The maximum Gasteiger partial charge on any atom is 0.251 e. The van der Waals surface area contributed by atoms with E-state index in [2.05, 4.69) is 56.8 Å². The van der Waals surface area contributed by atoms with Gasteiger partial charge in [0.15, 0.2) is 9.84 Å². The number of thiophene rings is 1. The van der Waals surface area contributed by atoms with E-state index in [1.807, 2.05) is 6.20 Å². The smallest absolute Gasteiger partial charge is 0.251 e. The van der Waals surface area contributed by atoms with Crippen molar-refractivity contribution in [3.05, 3.63) is 71.7 Å². The molecule has 0 radical (unpaired) electrons. The minimum absolute atomic E-state index is 0.291. The van der Waals surface area contributed by atoms with Crippen LogP contribution in [0.4, 0.5) is 5.69 Å². The molecule has 0 spiro atoms. The predicted octanol–water partition coefficient (Wildman–Crippen LogP) is 4.76. The van der Waals surface area contributed by atoms with Crippen molar-refractivity contribution in [1.82, 2.24) is 24.6 Å². The third-order valence-electron chi connectivity index (χ3n) is 7.05. The molecule has 1 saturated heterocycles. The van der Waals surface area contributed by atoms with E-state index >= 15 is 0 Å². The van der Waals surface area contributed by atoms with Crippen LogP contribution in [-0.2, 0) is 9.84 Å². The predicted molar refractivity (Wildman–Crippen MR) is 153 cm³/mol. The quantitative estimate of drug-likeness (QED) is 0.305. The third kappa shape index (κ3) is 4.82. The summed E-state index contributed by atoms with van der Waals surface area (Å²) in [6.45, 7) is 7.40. The molecule has 0 atom stereocenters. The summed E-state index contributed by atoms with van der Waals surface area (Å²) in [6.07, 6.45) is 4.83. The molecular weight excluding hydrogens is 516 g/mol. The van der Waals surface area contributed by atoms with Gasteiger partial charge in [-0.25, -0.2) is 23.1 Å². The number of nitrogens with zero attached hydrogens (tertiary/aromatic N) is 6. The first kappa shape index (κ1) is 24.7. The fourth-order valence-corrected chi connectivity index (χ4v) is 6.09. The average molecular weight is 545 g/mol. The highest BCUT2D eigenvalue weighted by Gasteiger charge is 2.18. The van der Waals surface area contributed by atoms with Crippen molar-refractivity contribution in [2.45, 2.75) is 11.8 Å². The number of sulfone groups is 1. The van der Waals surface area contributed by atoms with E-state index in [4.69, 9.17) is 9.97 Å². The van der Waals surface area contributed by atoms with Gasteiger partial charge in [-0.05, 0) is 53.9 Å². The minimum Gasteiger partial charge on any atom is -0.369 e. The van der Waals surface area contributed by atoms with Crippen LogP contribution in [0.25, 0.3) is 39.2 Å². The highest BCUT2D eigenvalue weighted by atomic mass is 32.2. The van der Waals surface area contributed by atoms with Crippen molar-refractivity contribution in [3.63, 3.8) is 0 Å². The van der Waals surface area contributed by atoms with E-state index in [9.17, 15) is 8.42 Å². The molecule has 194 valence electrons. The molecule has 0 amide bonds. The molecule has 5 aromatic rings. The van der Waals surface area contributed by atoms with Crippen molar-refractivity contribution < 1.29 is 8.42 Å². The molecule has 6 rings (SSSR count). The Labute approximate surface area is 226 Å². The number of hydrogen-bond acceptors (Lipinski definition) is 8. The van der Waals surface area contributed by atoms with E-state index in [-0.39, 0.29) is 0 Å². The Bertz CT molecular complexity index is 1690. The van der Waals surface area contributed by atoms with Crippen LogP contribution in [0.3, 0.4) is 0 Å². The topological polar surface area (TPSA) is 84.2 Å². The van der Waals surface area contributed by atoms with Gasteiger partial charge >= 0.3 is 0 Å². The fourth-order valence-electron chi connectivity index (χ4n) is 4.82. The first-order valence-corrected chi connectivity index (χ1v) is 15.4. The van der Waals surface area contributed by atoms with Crippen LogP contribution in [0, 0.1) is 0 Å². The summed E-state index contributed by atoms with van der Waals surface area (Å²) >= 11 is 1.64. The highest BCUT2D eigenvalue weighted by Crippen LogP contribution is 2.32. The van der Waals surface area contributed by atoms with Gasteiger partial charge in [-0.1, -0.05) is 19.1 Å². The Morgan fingerprint density at radius 2 is 1.71 bits per heavy atom. The first-order chi connectivity index (χ1) is 18.4. The van der Waals surface area contributed by atoms with Crippen molar-refractivity contribution in [3.8, 4) is 28.3 Å². The molecule has 2 aromatic carbocycles. The summed E-state index contributed by atoms with van der Waals surface area (Å²) in [5.41, 5.74) is 5.70.